The van der Waals surface area contributed by atoms with Crippen LogP contribution in [0.1, 0.15) is 26.2 Å². The molecule has 3 heteroatoms. The van der Waals surface area contributed by atoms with E-state index in [0.29, 0.717) is 6.61 Å². The van der Waals surface area contributed by atoms with Gasteiger partial charge in [0.05, 0.1) is 6.61 Å². The van der Waals surface area contributed by atoms with Crippen LogP contribution in [0.3, 0.4) is 0 Å². The average molecular weight is 173 g/mol. The highest BCUT2D eigenvalue weighted by Crippen LogP contribution is 2.07. The van der Waals surface area contributed by atoms with Crippen molar-refractivity contribution in [1.29, 1.82) is 0 Å². The quantitative estimate of drug-likeness (QED) is 0.639. The van der Waals surface area contributed by atoms with Crippen LogP contribution < -0.4 is 0 Å². The van der Waals surface area contributed by atoms with Crippen LogP contribution >= 0.6 is 0 Å². The molecule has 1 rings (SSSR count). The van der Waals surface area contributed by atoms with Crippen molar-refractivity contribution < 1.29 is 9.84 Å². The van der Waals surface area contributed by atoms with Gasteiger partial charge in [-0.05, 0) is 32.9 Å². The molecular formula is C9H19NO2. The van der Waals surface area contributed by atoms with Gasteiger partial charge < -0.3 is 14.7 Å². The maximum Gasteiger partial charge on any atom is 0.151 e. The van der Waals surface area contributed by atoms with Gasteiger partial charge >= 0.3 is 0 Å². The summed E-state index contributed by atoms with van der Waals surface area (Å²) in [4.78, 5) is 2.39. The first kappa shape index (κ1) is 9.96. The summed E-state index contributed by atoms with van der Waals surface area (Å²) in [5, 5.41) is 8.84. The van der Waals surface area contributed by atoms with Crippen molar-refractivity contribution in [2.45, 2.75) is 32.5 Å². The summed E-state index contributed by atoms with van der Waals surface area (Å²) in [6, 6.07) is 0. The van der Waals surface area contributed by atoms with E-state index in [2.05, 4.69) is 4.90 Å². The first-order valence-electron chi connectivity index (χ1n) is 4.81. The second-order valence-corrected chi connectivity index (χ2v) is 3.37. The first-order chi connectivity index (χ1) is 5.79. The van der Waals surface area contributed by atoms with Gasteiger partial charge in [0.1, 0.15) is 0 Å². The fourth-order valence-corrected chi connectivity index (χ4v) is 1.54. The highest BCUT2D eigenvalue weighted by atomic mass is 16.6. The average Bonchev–Trinajstić information content (AvgIpc) is 2.05. The van der Waals surface area contributed by atoms with Crippen molar-refractivity contribution in [2.24, 2.45) is 0 Å². The number of aliphatic hydroxyl groups excluding tert-OH is 1. The van der Waals surface area contributed by atoms with Crippen molar-refractivity contribution in [1.82, 2.24) is 4.90 Å². The van der Waals surface area contributed by atoms with E-state index in [-0.39, 0.29) is 0 Å². The molecular weight excluding hydrogens is 154 g/mol. The van der Waals surface area contributed by atoms with Crippen molar-refractivity contribution in [3.63, 3.8) is 0 Å². The molecule has 1 aliphatic rings. The van der Waals surface area contributed by atoms with E-state index in [9.17, 15) is 0 Å². The molecule has 1 aliphatic heterocycles. The van der Waals surface area contributed by atoms with Crippen molar-refractivity contribution in [3.8, 4) is 0 Å². The molecule has 3 nitrogen and oxygen atoms in total. The van der Waals surface area contributed by atoms with E-state index >= 15 is 0 Å². The minimum atomic E-state index is -0.616. The lowest BCUT2D eigenvalue weighted by molar-refractivity contribution is -0.0898. The van der Waals surface area contributed by atoms with Gasteiger partial charge in [-0.3, -0.25) is 0 Å². The van der Waals surface area contributed by atoms with Crippen LogP contribution in [0.4, 0.5) is 0 Å². The van der Waals surface area contributed by atoms with E-state index < -0.39 is 6.29 Å². The Hall–Kier alpha value is -0.120. The molecule has 1 heterocycles. The molecule has 0 amide bonds. The van der Waals surface area contributed by atoms with Crippen LogP contribution in [0.25, 0.3) is 0 Å². The lowest BCUT2D eigenvalue weighted by atomic mass is 10.1. The first-order valence-corrected chi connectivity index (χ1v) is 4.81. The number of rotatable bonds is 4. The van der Waals surface area contributed by atoms with Gasteiger partial charge in [-0.1, -0.05) is 6.42 Å². The summed E-state index contributed by atoms with van der Waals surface area (Å²) in [6.07, 6.45) is 3.38. The molecule has 0 spiro atoms. The minimum Gasteiger partial charge on any atom is -0.368 e. The van der Waals surface area contributed by atoms with Crippen molar-refractivity contribution in [3.05, 3.63) is 0 Å². The molecule has 0 aromatic heterocycles. The number of piperidine rings is 1. The van der Waals surface area contributed by atoms with Crippen LogP contribution in [0.15, 0.2) is 0 Å². The Kier molecular flexibility index (Phi) is 4.58. The third kappa shape index (κ3) is 4.04. The zero-order chi connectivity index (χ0) is 8.81. The number of likely N-dealkylation sites (tertiary alicyclic amines) is 1. The normalized spacial score (nSPS) is 22.5. The Morgan fingerprint density at radius 1 is 1.33 bits per heavy atom. The third-order valence-corrected chi connectivity index (χ3v) is 2.22. The molecule has 1 fully saturated rings. The standard InChI is InChI=1S/C9H19NO2/c1-9(11)12-8-7-10-5-3-2-4-6-10/h9,11H,2-8H2,1H3. The Morgan fingerprint density at radius 3 is 2.58 bits per heavy atom. The monoisotopic (exact) mass is 173 g/mol. The second kappa shape index (κ2) is 5.51. The summed E-state index contributed by atoms with van der Waals surface area (Å²) < 4.78 is 5.06. The molecule has 1 N–H and O–H groups in total. The number of hydrogen-bond donors (Lipinski definition) is 1. The van der Waals surface area contributed by atoms with Crippen LogP contribution in [0.5, 0.6) is 0 Å². The number of aliphatic hydroxyl groups is 1. The molecule has 0 aromatic carbocycles. The Morgan fingerprint density at radius 2 is 2.00 bits per heavy atom. The highest BCUT2D eigenvalue weighted by molar-refractivity contribution is 4.63. The molecule has 72 valence electrons. The van der Waals surface area contributed by atoms with E-state index in [1.54, 1.807) is 6.92 Å². The van der Waals surface area contributed by atoms with Gasteiger partial charge in [0, 0.05) is 6.54 Å². The predicted octanol–water partition coefficient (Wildman–Crippen LogP) is 0.827. The smallest absolute Gasteiger partial charge is 0.151 e. The summed E-state index contributed by atoms with van der Waals surface area (Å²) in [5.41, 5.74) is 0. The molecule has 1 unspecified atom stereocenters. The van der Waals surface area contributed by atoms with Crippen LogP contribution in [-0.2, 0) is 4.74 Å². The molecule has 0 aromatic rings. The maximum atomic E-state index is 8.84. The summed E-state index contributed by atoms with van der Waals surface area (Å²) >= 11 is 0. The molecule has 1 atom stereocenters. The lowest BCUT2D eigenvalue weighted by Crippen LogP contribution is -2.33. The topological polar surface area (TPSA) is 32.7 Å². The van der Waals surface area contributed by atoms with Crippen LogP contribution in [0.2, 0.25) is 0 Å². The summed E-state index contributed by atoms with van der Waals surface area (Å²) in [6.45, 7) is 5.66. The van der Waals surface area contributed by atoms with Crippen LogP contribution in [0, 0.1) is 0 Å². The molecule has 0 aliphatic carbocycles. The van der Waals surface area contributed by atoms with Crippen LogP contribution in [-0.4, -0.2) is 42.5 Å². The van der Waals surface area contributed by atoms with E-state index in [1.807, 2.05) is 0 Å². The Balaban J connectivity index is 1.98. The highest BCUT2D eigenvalue weighted by Gasteiger charge is 2.09. The largest absolute Gasteiger partial charge is 0.368 e. The van der Waals surface area contributed by atoms with E-state index in [0.717, 1.165) is 6.54 Å². The number of nitrogens with zero attached hydrogens (tertiary/aromatic N) is 1. The lowest BCUT2D eigenvalue weighted by Gasteiger charge is -2.26. The third-order valence-electron chi connectivity index (χ3n) is 2.22. The van der Waals surface area contributed by atoms with Gasteiger partial charge in [0.15, 0.2) is 6.29 Å². The number of hydrogen-bond acceptors (Lipinski definition) is 3. The minimum absolute atomic E-state index is 0.616. The zero-order valence-corrected chi connectivity index (χ0v) is 7.83. The van der Waals surface area contributed by atoms with E-state index in [1.165, 1.54) is 32.4 Å². The molecule has 0 radical (unpaired) electrons. The van der Waals surface area contributed by atoms with Gasteiger partial charge in [0.25, 0.3) is 0 Å². The maximum absolute atomic E-state index is 8.84. The van der Waals surface area contributed by atoms with Crippen molar-refractivity contribution in [2.75, 3.05) is 26.2 Å². The van der Waals surface area contributed by atoms with E-state index in [4.69, 9.17) is 9.84 Å². The predicted molar refractivity (Wildman–Crippen MR) is 47.9 cm³/mol. The van der Waals surface area contributed by atoms with Crippen molar-refractivity contribution >= 4 is 0 Å². The molecule has 0 saturated carbocycles. The SMILES string of the molecule is CC(O)OCCN1CCCCC1. The fraction of sp³-hybridized carbons (Fsp3) is 1.00. The Labute approximate surface area is 74.3 Å². The second-order valence-electron chi connectivity index (χ2n) is 3.37. The molecule has 12 heavy (non-hydrogen) atoms. The Bertz CT molecular complexity index is 111. The fourth-order valence-electron chi connectivity index (χ4n) is 1.54. The van der Waals surface area contributed by atoms with Gasteiger partial charge in [-0.15, -0.1) is 0 Å². The number of ether oxygens (including phenoxy) is 1. The summed E-state index contributed by atoms with van der Waals surface area (Å²) in [7, 11) is 0. The molecule has 1 saturated heterocycles. The summed E-state index contributed by atoms with van der Waals surface area (Å²) in [5.74, 6) is 0. The van der Waals surface area contributed by atoms with Gasteiger partial charge in [0.2, 0.25) is 0 Å². The molecule has 0 bridgehead atoms. The van der Waals surface area contributed by atoms with Gasteiger partial charge in [-0.2, -0.15) is 0 Å². The van der Waals surface area contributed by atoms with Gasteiger partial charge in [-0.25, -0.2) is 0 Å². The zero-order valence-electron chi connectivity index (χ0n) is 7.83.